The van der Waals surface area contributed by atoms with Gasteiger partial charge in [0.05, 0.1) is 23.4 Å². The van der Waals surface area contributed by atoms with Crippen LogP contribution in [0.1, 0.15) is 23.1 Å². The molecule has 0 saturated heterocycles. The van der Waals surface area contributed by atoms with Crippen LogP contribution in [0.3, 0.4) is 0 Å². The Bertz CT molecular complexity index is 1010. The number of methoxy groups -OCH3 is 1. The molecule has 9 heteroatoms. The van der Waals surface area contributed by atoms with Gasteiger partial charge >= 0.3 is 0 Å². The number of nitrogens with zero attached hydrogens (tertiary/aromatic N) is 3. The first-order chi connectivity index (χ1) is 12.5. The summed E-state index contributed by atoms with van der Waals surface area (Å²) in [4.78, 5) is 27.5. The molecule has 2 heterocycles. The molecular weight excluding hydrogens is 340 g/mol. The minimum absolute atomic E-state index is 0.0518. The number of nitro benzene ring substituents is 1. The lowest BCUT2D eigenvalue weighted by atomic mass is 10.2. The Hall–Kier alpha value is -3.62. The van der Waals surface area contributed by atoms with Gasteiger partial charge in [-0.15, -0.1) is 0 Å². The number of non-ortho nitro benzene ring substituents is 1. The van der Waals surface area contributed by atoms with Gasteiger partial charge in [0.2, 0.25) is 0 Å². The molecule has 0 radical (unpaired) electrons. The van der Waals surface area contributed by atoms with E-state index in [9.17, 15) is 20.0 Å². The number of anilines is 1. The van der Waals surface area contributed by atoms with Gasteiger partial charge < -0.3 is 15.2 Å². The van der Waals surface area contributed by atoms with Gasteiger partial charge in [-0.3, -0.25) is 19.3 Å². The molecule has 0 unspecified atom stereocenters. The third-order valence-electron chi connectivity index (χ3n) is 3.90. The van der Waals surface area contributed by atoms with Crippen LogP contribution in [0.2, 0.25) is 0 Å². The summed E-state index contributed by atoms with van der Waals surface area (Å²) in [5.41, 5.74) is 1.00. The van der Waals surface area contributed by atoms with Crippen molar-refractivity contribution in [3.63, 3.8) is 0 Å². The van der Waals surface area contributed by atoms with Crippen LogP contribution in [0.5, 0.6) is 11.5 Å². The summed E-state index contributed by atoms with van der Waals surface area (Å²) < 4.78 is 6.85. The first kappa shape index (κ1) is 17.2. The molecule has 1 amide bonds. The van der Waals surface area contributed by atoms with Gasteiger partial charge in [0.1, 0.15) is 11.4 Å². The van der Waals surface area contributed by atoms with Crippen molar-refractivity contribution in [1.82, 2.24) is 9.38 Å². The van der Waals surface area contributed by atoms with E-state index in [1.165, 1.54) is 7.11 Å². The Kier molecular flexibility index (Phi) is 4.44. The molecule has 0 spiro atoms. The molecule has 0 atom stereocenters. The maximum Gasteiger partial charge on any atom is 0.274 e. The SMILES string of the molecule is CCc1nc2c(OC)cccn2c1C(=O)Nc1cc([N+](=O)[O-])ccc1O. The zero-order valence-electron chi connectivity index (χ0n) is 14.1. The van der Waals surface area contributed by atoms with Crippen molar-refractivity contribution in [3.05, 3.63) is 58.0 Å². The molecule has 134 valence electrons. The maximum absolute atomic E-state index is 12.8. The molecule has 3 rings (SSSR count). The van der Waals surface area contributed by atoms with Crippen LogP contribution in [0.4, 0.5) is 11.4 Å². The van der Waals surface area contributed by atoms with E-state index < -0.39 is 10.8 Å². The second-order valence-electron chi connectivity index (χ2n) is 5.44. The topological polar surface area (TPSA) is 119 Å². The number of nitrogens with one attached hydrogen (secondary N) is 1. The fourth-order valence-corrected chi connectivity index (χ4v) is 2.66. The minimum Gasteiger partial charge on any atom is -0.506 e. The van der Waals surface area contributed by atoms with Crippen LogP contribution in [0, 0.1) is 10.1 Å². The predicted octanol–water partition coefficient (Wildman–Crippen LogP) is 2.77. The number of aromatic hydroxyl groups is 1. The van der Waals surface area contributed by atoms with E-state index in [2.05, 4.69) is 10.3 Å². The zero-order valence-corrected chi connectivity index (χ0v) is 14.1. The number of hydrogen-bond acceptors (Lipinski definition) is 6. The van der Waals surface area contributed by atoms with E-state index in [1.54, 1.807) is 22.7 Å². The quantitative estimate of drug-likeness (QED) is 0.412. The van der Waals surface area contributed by atoms with Crippen molar-refractivity contribution in [3.8, 4) is 11.5 Å². The Balaban J connectivity index is 2.06. The summed E-state index contributed by atoms with van der Waals surface area (Å²) in [6.07, 6.45) is 2.17. The monoisotopic (exact) mass is 356 g/mol. The van der Waals surface area contributed by atoms with Crippen molar-refractivity contribution in [2.45, 2.75) is 13.3 Å². The number of benzene rings is 1. The molecule has 0 fully saturated rings. The summed E-state index contributed by atoms with van der Waals surface area (Å²) in [6, 6.07) is 6.86. The van der Waals surface area contributed by atoms with Crippen LogP contribution < -0.4 is 10.1 Å². The van der Waals surface area contributed by atoms with Crippen LogP contribution in [0.15, 0.2) is 36.5 Å². The second kappa shape index (κ2) is 6.71. The van der Waals surface area contributed by atoms with E-state index in [1.807, 2.05) is 6.92 Å². The summed E-state index contributed by atoms with van der Waals surface area (Å²) in [5.74, 6) is -0.300. The highest BCUT2D eigenvalue weighted by Gasteiger charge is 2.22. The fraction of sp³-hybridized carbons (Fsp3) is 0.176. The number of ether oxygens (including phenoxy) is 1. The number of imidazole rings is 1. The first-order valence-corrected chi connectivity index (χ1v) is 7.79. The van der Waals surface area contributed by atoms with Gasteiger partial charge in [0.25, 0.3) is 11.6 Å². The third-order valence-corrected chi connectivity index (χ3v) is 3.90. The lowest BCUT2D eigenvalue weighted by Gasteiger charge is -2.09. The average Bonchev–Trinajstić information content (AvgIpc) is 3.02. The van der Waals surface area contributed by atoms with E-state index >= 15 is 0 Å². The molecule has 0 aliphatic carbocycles. The molecule has 0 saturated carbocycles. The van der Waals surface area contributed by atoms with Gasteiger partial charge in [0.15, 0.2) is 11.4 Å². The van der Waals surface area contributed by atoms with E-state index in [0.29, 0.717) is 23.5 Å². The number of amides is 1. The number of carbonyl (C=O) groups excluding carboxylic acids is 1. The number of phenols is 1. The largest absolute Gasteiger partial charge is 0.506 e. The molecule has 0 aliphatic rings. The lowest BCUT2D eigenvalue weighted by molar-refractivity contribution is -0.384. The number of rotatable bonds is 5. The Morgan fingerprint density at radius 1 is 1.42 bits per heavy atom. The summed E-state index contributed by atoms with van der Waals surface area (Å²) in [5, 5.41) is 23.3. The Labute approximate surface area is 148 Å². The van der Waals surface area contributed by atoms with Gasteiger partial charge in [-0.2, -0.15) is 0 Å². The number of nitro groups is 1. The standard InChI is InChI=1S/C17H16N4O5/c1-3-11-15(20-8-4-5-14(26-2)16(20)18-11)17(23)19-12-9-10(21(24)25)6-7-13(12)22/h4-9,22H,3H2,1-2H3,(H,19,23). The van der Waals surface area contributed by atoms with Crippen molar-refractivity contribution in [2.75, 3.05) is 12.4 Å². The molecule has 3 aromatic rings. The van der Waals surface area contributed by atoms with Crippen LogP contribution in [-0.4, -0.2) is 32.4 Å². The fourth-order valence-electron chi connectivity index (χ4n) is 2.66. The highest BCUT2D eigenvalue weighted by molar-refractivity contribution is 6.05. The molecule has 0 aliphatic heterocycles. The number of aryl methyl sites for hydroxylation is 1. The Morgan fingerprint density at radius 2 is 2.19 bits per heavy atom. The number of carbonyl (C=O) groups is 1. The molecule has 0 bridgehead atoms. The van der Waals surface area contributed by atoms with Gasteiger partial charge in [-0.05, 0) is 24.6 Å². The summed E-state index contributed by atoms with van der Waals surface area (Å²) in [7, 11) is 1.51. The smallest absolute Gasteiger partial charge is 0.274 e. The van der Waals surface area contributed by atoms with Crippen molar-refractivity contribution in [1.29, 1.82) is 0 Å². The van der Waals surface area contributed by atoms with E-state index in [-0.39, 0.29) is 22.8 Å². The highest BCUT2D eigenvalue weighted by Crippen LogP contribution is 2.29. The Morgan fingerprint density at radius 3 is 2.85 bits per heavy atom. The average molecular weight is 356 g/mol. The van der Waals surface area contributed by atoms with Gasteiger partial charge in [-0.25, -0.2) is 4.98 Å². The second-order valence-corrected chi connectivity index (χ2v) is 5.44. The lowest BCUT2D eigenvalue weighted by Crippen LogP contribution is -2.16. The number of phenolic OH excluding ortho intramolecular Hbond substituents is 1. The molecule has 1 aromatic carbocycles. The molecule has 26 heavy (non-hydrogen) atoms. The number of aromatic nitrogens is 2. The summed E-state index contributed by atoms with van der Waals surface area (Å²) in [6.45, 7) is 1.86. The van der Waals surface area contributed by atoms with Crippen molar-refractivity contribution in [2.24, 2.45) is 0 Å². The maximum atomic E-state index is 12.8. The van der Waals surface area contributed by atoms with Gasteiger partial charge in [0, 0.05) is 18.3 Å². The van der Waals surface area contributed by atoms with Crippen molar-refractivity contribution >= 4 is 22.9 Å². The number of pyridine rings is 1. The number of hydrogen-bond donors (Lipinski definition) is 2. The van der Waals surface area contributed by atoms with Crippen LogP contribution in [-0.2, 0) is 6.42 Å². The molecule has 2 N–H and O–H groups in total. The van der Waals surface area contributed by atoms with Crippen LogP contribution in [0.25, 0.3) is 5.65 Å². The van der Waals surface area contributed by atoms with Crippen LogP contribution >= 0.6 is 0 Å². The third kappa shape index (κ3) is 2.90. The van der Waals surface area contributed by atoms with E-state index in [0.717, 1.165) is 18.2 Å². The molecular formula is C17H16N4O5. The number of fused-ring (bicyclic) bond motifs is 1. The molecule has 2 aromatic heterocycles. The van der Waals surface area contributed by atoms with E-state index in [4.69, 9.17) is 4.74 Å². The zero-order chi connectivity index (χ0) is 18.8. The van der Waals surface area contributed by atoms with Gasteiger partial charge in [-0.1, -0.05) is 6.92 Å². The normalized spacial score (nSPS) is 10.7. The highest BCUT2D eigenvalue weighted by atomic mass is 16.6. The van der Waals surface area contributed by atoms with Crippen molar-refractivity contribution < 1.29 is 19.6 Å². The first-order valence-electron chi connectivity index (χ1n) is 7.79. The summed E-state index contributed by atoms with van der Waals surface area (Å²) >= 11 is 0. The molecule has 9 nitrogen and oxygen atoms in total. The predicted molar refractivity (Wildman–Crippen MR) is 93.8 cm³/mol. The minimum atomic E-state index is -0.606.